The Balaban J connectivity index is 1.41. The highest BCUT2D eigenvalue weighted by Gasteiger charge is 2.19. The van der Waals surface area contributed by atoms with Crippen molar-refractivity contribution >= 4 is 11.6 Å². The van der Waals surface area contributed by atoms with Gasteiger partial charge in [-0.05, 0) is 37.1 Å². The monoisotopic (exact) mass is 403 g/mol. The van der Waals surface area contributed by atoms with Gasteiger partial charge < -0.3 is 5.32 Å². The van der Waals surface area contributed by atoms with Crippen molar-refractivity contribution < 1.29 is 4.79 Å². The van der Waals surface area contributed by atoms with Crippen LogP contribution >= 0.6 is 0 Å². The Kier molecular flexibility index (Phi) is 6.54. The predicted molar refractivity (Wildman–Crippen MR) is 118 cm³/mol. The SMILES string of the molecule is CN(Cc1ccccc1NC(=O)c1cn(Cc2ccccc2)nn1)C1CCCCC1. The fourth-order valence-electron chi connectivity index (χ4n) is 4.14. The van der Waals surface area contributed by atoms with Gasteiger partial charge in [0.2, 0.25) is 0 Å². The first-order valence-electron chi connectivity index (χ1n) is 10.7. The fourth-order valence-corrected chi connectivity index (χ4v) is 4.14. The second-order valence-electron chi connectivity index (χ2n) is 8.11. The van der Waals surface area contributed by atoms with Crippen molar-refractivity contribution in [2.24, 2.45) is 0 Å². The van der Waals surface area contributed by atoms with E-state index in [2.05, 4.69) is 33.6 Å². The van der Waals surface area contributed by atoms with Crippen LogP contribution in [0.5, 0.6) is 0 Å². The zero-order chi connectivity index (χ0) is 20.8. The molecule has 0 radical (unpaired) electrons. The Morgan fingerprint density at radius 1 is 1.07 bits per heavy atom. The number of aromatic nitrogens is 3. The Morgan fingerprint density at radius 2 is 1.80 bits per heavy atom. The highest BCUT2D eigenvalue weighted by molar-refractivity contribution is 6.03. The standard InChI is InChI=1S/C24H29N5O/c1-28(21-13-6-3-7-14-21)17-20-12-8-9-15-22(20)25-24(30)23-18-29(27-26-23)16-19-10-4-2-5-11-19/h2,4-5,8-12,15,18,21H,3,6-7,13-14,16-17H2,1H3,(H,25,30). The topological polar surface area (TPSA) is 63.1 Å². The van der Waals surface area contributed by atoms with E-state index in [1.54, 1.807) is 10.9 Å². The first kappa shape index (κ1) is 20.3. The van der Waals surface area contributed by atoms with Gasteiger partial charge in [0.1, 0.15) is 0 Å². The van der Waals surface area contributed by atoms with Crippen molar-refractivity contribution in [3.05, 3.63) is 77.6 Å². The summed E-state index contributed by atoms with van der Waals surface area (Å²) < 4.78 is 1.69. The van der Waals surface area contributed by atoms with Crippen LogP contribution in [0.3, 0.4) is 0 Å². The number of nitrogens with zero attached hydrogens (tertiary/aromatic N) is 4. The molecule has 0 atom stereocenters. The summed E-state index contributed by atoms with van der Waals surface area (Å²) in [6.45, 7) is 1.41. The largest absolute Gasteiger partial charge is 0.320 e. The first-order valence-corrected chi connectivity index (χ1v) is 10.7. The number of rotatable bonds is 7. The number of carbonyl (C=O) groups excluding carboxylic acids is 1. The van der Waals surface area contributed by atoms with Crippen molar-refractivity contribution in [1.29, 1.82) is 0 Å². The lowest BCUT2D eigenvalue weighted by atomic mass is 9.94. The van der Waals surface area contributed by atoms with E-state index in [0.29, 0.717) is 18.3 Å². The summed E-state index contributed by atoms with van der Waals surface area (Å²) >= 11 is 0. The summed E-state index contributed by atoms with van der Waals surface area (Å²) in [6, 6.07) is 18.6. The fraction of sp³-hybridized carbons (Fsp3) is 0.375. The molecule has 156 valence electrons. The highest BCUT2D eigenvalue weighted by atomic mass is 16.2. The zero-order valence-corrected chi connectivity index (χ0v) is 17.5. The van der Waals surface area contributed by atoms with Gasteiger partial charge in [-0.3, -0.25) is 9.69 Å². The second-order valence-corrected chi connectivity index (χ2v) is 8.11. The first-order chi connectivity index (χ1) is 14.7. The van der Waals surface area contributed by atoms with Crippen molar-refractivity contribution in [2.45, 2.75) is 51.2 Å². The Bertz CT molecular complexity index is 962. The molecule has 1 fully saturated rings. The van der Waals surface area contributed by atoms with Crippen LogP contribution < -0.4 is 5.32 Å². The van der Waals surface area contributed by atoms with Gasteiger partial charge in [-0.25, -0.2) is 4.68 Å². The second kappa shape index (κ2) is 9.67. The van der Waals surface area contributed by atoms with E-state index >= 15 is 0 Å². The van der Waals surface area contributed by atoms with Crippen LogP contribution in [0.25, 0.3) is 0 Å². The van der Waals surface area contributed by atoms with E-state index in [9.17, 15) is 4.79 Å². The van der Waals surface area contributed by atoms with Crippen LogP contribution in [0.1, 0.15) is 53.7 Å². The number of carbonyl (C=O) groups is 1. The molecule has 0 aliphatic heterocycles. The van der Waals surface area contributed by atoms with Crippen LogP contribution in [-0.4, -0.2) is 38.9 Å². The van der Waals surface area contributed by atoms with Crippen molar-refractivity contribution in [3.63, 3.8) is 0 Å². The average molecular weight is 404 g/mol. The number of benzene rings is 2. The number of anilines is 1. The summed E-state index contributed by atoms with van der Waals surface area (Å²) in [5.41, 5.74) is 3.39. The average Bonchev–Trinajstić information content (AvgIpc) is 3.25. The van der Waals surface area contributed by atoms with Crippen LogP contribution in [0.4, 0.5) is 5.69 Å². The highest BCUT2D eigenvalue weighted by Crippen LogP contribution is 2.25. The molecule has 30 heavy (non-hydrogen) atoms. The van der Waals surface area contributed by atoms with Gasteiger partial charge in [0.05, 0.1) is 12.7 Å². The quantitative estimate of drug-likeness (QED) is 0.637. The molecule has 4 rings (SSSR count). The summed E-state index contributed by atoms with van der Waals surface area (Å²) in [5.74, 6) is -0.234. The number of amides is 1. The molecule has 6 nitrogen and oxygen atoms in total. The van der Waals surface area contributed by atoms with E-state index in [4.69, 9.17) is 0 Å². The molecule has 1 N–H and O–H groups in total. The van der Waals surface area contributed by atoms with E-state index in [1.807, 2.05) is 48.5 Å². The molecule has 1 aliphatic carbocycles. The van der Waals surface area contributed by atoms with Gasteiger partial charge in [-0.1, -0.05) is 73.0 Å². The number of nitrogens with one attached hydrogen (secondary N) is 1. The molecule has 3 aromatic rings. The third kappa shape index (κ3) is 5.13. The molecule has 0 saturated heterocycles. The summed E-state index contributed by atoms with van der Waals surface area (Å²) in [5, 5.41) is 11.2. The Hall–Kier alpha value is -2.99. The summed E-state index contributed by atoms with van der Waals surface area (Å²) in [4.78, 5) is 15.2. The minimum absolute atomic E-state index is 0.234. The van der Waals surface area contributed by atoms with Crippen LogP contribution in [0.15, 0.2) is 60.8 Å². The minimum Gasteiger partial charge on any atom is -0.320 e. The van der Waals surface area contributed by atoms with Gasteiger partial charge >= 0.3 is 0 Å². The minimum atomic E-state index is -0.234. The molecule has 2 aromatic carbocycles. The normalized spacial score (nSPS) is 14.7. The molecular formula is C24H29N5O. The van der Waals surface area contributed by atoms with Crippen molar-refractivity contribution in [1.82, 2.24) is 19.9 Å². The molecule has 1 saturated carbocycles. The smallest absolute Gasteiger partial charge is 0.277 e. The summed E-state index contributed by atoms with van der Waals surface area (Å²) in [7, 11) is 2.18. The molecule has 0 bridgehead atoms. The maximum absolute atomic E-state index is 12.8. The lowest BCUT2D eigenvalue weighted by Crippen LogP contribution is -2.33. The van der Waals surface area contributed by atoms with Crippen molar-refractivity contribution in [2.75, 3.05) is 12.4 Å². The number of hydrogen-bond donors (Lipinski definition) is 1. The lowest BCUT2D eigenvalue weighted by Gasteiger charge is -2.31. The van der Waals surface area contributed by atoms with Gasteiger partial charge in [0.25, 0.3) is 5.91 Å². The van der Waals surface area contributed by atoms with E-state index in [1.165, 1.54) is 32.1 Å². The molecule has 6 heteroatoms. The van der Waals surface area contributed by atoms with Gasteiger partial charge in [0, 0.05) is 18.3 Å². The zero-order valence-electron chi connectivity index (χ0n) is 17.5. The van der Waals surface area contributed by atoms with Crippen LogP contribution in [0.2, 0.25) is 0 Å². The predicted octanol–water partition coefficient (Wildman–Crippen LogP) is 4.34. The molecule has 1 heterocycles. The van der Waals surface area contributed by atoms with E-state index < -0.39 is 0 Å². The Labute approximate surface area is 177 Å². The molecule has 1 aliphatic rings. The van der Waals surface area contributed by atoms with Crippen molar-refractivity contribution in [3.8, 4) is 0 Å². The molecular weight excluding hydrogens is 374 g/mol. The lowest BCUT2D eigenvalue weighted by molar-refractivity contribution is 0.102. The van der Waals surface area contributed by atoms with Gasteiger partial charge in [-0.15, -0.1) is 5.10 Å². The molecule has 0 unspecified atom stereocenters. The van der Waals surface area contributed by atoms with Crippen LogP contribution in [-0.2, 0) is 13.1 Å². The molecule has 1 aromatic heterocycles. The van der Waals surface area contributed by atoms with Gasteiger partial charge in [-0.2, -0.15) is 0 Å². The number of para-hydroxylation sites is 1. The third-order valence-corrected chi connectivity index (χ3v) is 5.84. The summed E-state index contributed by atoms with van der Waals surface area (Å²) in [6.07, 6.45) is 8.18. The number of hydrogen-bond acceptors (Lipinski definition) is 4. The van der Waals surface area contributed by atoms with Gasteiger partial charge in [0.15, 0.2) is 5.69 Å². The van der Waals surface area contributed by atoms with E-state index in [-0.39, 0.29) is 5.91 Å². The Morgan fingerprint density at radius 3 is 2.60 bits per heavy atom. The molecule has 1 amide bonds. The third-order valence-electron chi connectivity index (χ3n) is 5.84. The maximum Gasteiger partial charge on any atom is 0.277 e. The van der Waals surface area contributed by atoms with Crippen LogP contribution in [0, 0.1) is 0 Å². The maximum atomic E-state index is 12.8. The van der Waals surface area contributed by atoms with E-state index in [0.717, 1.165) is 23.4 Å². The molecule has 0 spiro atoms.